The van der Waals surface area contributed by atoms with Gasteiger partial charge in [-0.3, -0.25) is 0 Å². The second-order valence-corrected chi connectivity index (χ2v) is 5.72. The third kappa shape index (κ3) is 2.34. The molecular weight excluding hydrogens is 214 g/mol. The molecule has 0 amide bonds. The van der Waals surface area contributed by atoms with Crippen LogP contribution >= 0.6 is 0 Å². The summed E-state index contributed by atoms with van der Waals surface area (Å²) >= 11 is 0. The molecule has 0 aromatic rings. The molecule has 1 saturated carbocycles. The molecule has 17 heavy (non-hydrogen) atoms. The average molecular weight is 239 g/mol. The molecule has 0 radical (unpaired) electrons. The fraction of sp³-hybridized carbons (Fsp3) is 0.929. The van der Waals surface area contributed by atoms with Crippen LogP contribution in [0.3, 0.4) is 0 Å². The molecule has 3 atom stereocenters. The topological polar surface area (TPSA) is 53.2 Å². The van der Waals surface area contributed by atoms with Crippen molar-refractivity contribution in [3.63, 3.8) is 0 Å². The summed E-state index contributed by atoms with van der Waals surface area (Å²) in [5, 5.41) is 20.5. The summed E-state index contributed by atoms with van der Waals surface area (Å²) in [5.74, 6) is 0.592. The normalized spacial score (nSPS) is 32.4. The largest absolute Gasteiger partial charge is 0.386 e. The highest BCUT2D eigenvalue weighted by atomic mass is 16.5. The standard InChI is InChI=1S/C14H25NO2/c1-5-12-6-7-13(8-12,9-15)14(16,10-17-4)11(2)3/h11-12,16H,5-8,10H2,1-4H3. The Kier molecular flexibility index (Phi) is 4.57. The van der Waals surface area contributed by atoms with E-state index in [2.05, 4.69) is 13.0 Å². The Morgan fingerprint density at radius 2 is 2.24 bits per heavy atom. The summed E-state index contributed by atoms with van der Waals surface area (Å²) in [7, 11) is 1.59. The summed E-state index contributed by atoms with van der Waals surface area (Å²) < 4.78 is 5.18. The van der Waals surface area contributed by atoms with Gasteiger partial charge in [0.05, 0.1) is 18.1 Å². The molecular formula is C14H25NO2. The summed E-state index contributed by atoms with van der Waals surface area (Å²) in [4.78, 5) is 0. The third-order valence-corrected chi connectivity index (χ3v) is 4.56. The molecule has 1 N–H and O–H groups in total. The zero-order chi connectivity index (χ0) is 13.1. The van der Waals surface area contributed by atoms with Gasteiger partial charge in [-0.2, -0.15) is 5.26 Å². The Bertz CT molecular complexity index is 297. The maximum Gasteiger partial charge on any atom is 0.109 e. The molecule has 0 aromatic carbocycles. The molecule has 98 valence electrons. The van der Waals surface area contributed by atoms with Crippen LogP contribution in [0.25, 0.3) is 0 Å². The molecule has 0 saturated heterocycles. The average Bonchev–Trinajstić information content (AvgIpc) is 2.74. The fourth-order valence-corrected chi connectivity index (χ4v) is 3.16. The molecule has 1 aliphatic rings. The van der Waals surface area contributed by atoms with Crippen molar-refractivity contribution in [1.29, 1.82) is 5.26 Å². The molecule has 0 aliphatic heterocycles. The fourth-order valence-electron chi connectivity index (χ4n) is 3.16. The van der Waals surface area contributed by atoms with Crippen molar-refractivity contribution in [2.75, 3.05) is 13.7 Å². The van der Waals surface area contributed by atoms with Crippen LogP contribution in [0.5, 0.6) is 0 Å². The zero-order valence-electron chi connectivity index (χ0n) is 11.5. The van der Waals surface area contributed by atoms with Gasteiger partial charge in [-0.15, -0.1) is 0 Å². The van der Waals surface area contributed by atoms with Gasteiger partial charge in [0.2, 0.25) is 0 Å². The van der Waals surface area contributed by atoms with Crippen LogP contribution in [0, 0.1) is 28.6 Å². The van der Waals surface area contributed by atoms with E-state index in [4.69, 9.17) is 4.74 Å². The Labute approximate surface area is 105 Å². The lowest BCUT2D eigenvalue weighted by Crippen LogP contribution is -2.53. The van der Waals surface area contributed by atoms with E-state index in [0.29, 0.717) is 5.92 Å². The first-order valence-electron chi connectivity index (χ1n) is 6.58. The van der Waals surface area contributed by atoms with Gasteiger partial charge in [-0.05, 0) is 31.1 Å². The van der Waals surface area contributed by atoms with E-state index in [-0.39, 0.29) is 12.5 Å². The molecule has 0 heterocycles. The Morgan fingerprint density at radius 1 is 1.59 bits per heavy atom. The minimum atomic E-state index is -1.03. The Balaban J connectivity index is 3.03. The lowest BCUT2D eigenvalue weighted by Gasteiger charge is -2.43. The highest BCUT2D eigenvalue weighted by Crippen LogP contribution is 2.52. The number of nitriles is 1. The maximum atomic E-state index is 10.9. The van der Waals surface area contributed by atoms with Crippen molar-refractivity contribution in [2.24, 2.45) is 17.3 Å². The molecule has 3 unspecified atom stereocenters. The molecule has 1 aliphatic carbocycles. The maximum absolute atomic E-state index is 10.9. The van der Waals surface area contributed by atoms with Crippen molar-refractivity contribution in [3.05, 3.63) is 0 Å². The number of methoxy groups -OCH3 is 1. The smallest absolute Gasteiger partial charge is 0.109 e. The lowest BCUT2D eigenvalue weighted by molar-refractivity contribution is -0.132. The van der Waals surface area contributed by atoms with Gasteiger partial charge in [-0.1, -0.05) is 27.2 Å². The van der Waals surface area contributed by atoms with Gasteiger partial charge in [0.15, 0.2) is 0 Å². The SMILES string of the molecule is CCC1CCC(C#N)(C(O)(COC)C(C)C)C1. The van der Waals surface area contributed by atoms with Crippen molar-refractivity contribution >= 4 is 0 Å². The first-order chi connectivity index (χ1) is 7.95. The lowest BCUT2D eigenvalue weighted by atomic mass is 9.66. The predicted octanol–water partition coefficient (Wildman–Crippen LogP) is 2.74. The van der Waals surface area contributed by atoms with Gasteiger partial charge in [0.25, 0.3) is 0 Å². The van der Waals surface area contributed by atoms with E-state index in [1.54, 1.807) is 7.11 Å². The van der Waals surface area contributed by atoms with Crippen LogP contribution in [0.15, 0.2) is 0 Å². The number of rotatable bonds is 5. The van der Waals surface area contributed by atoms with Crippen molar-refractivity contribution in [3.8, 4) is 6.07 Å². The van der Waals surface area contributed by atoms with Crippen LogP contribution in [0.4, 0.5) is 0 Å². The number of nitrogens with zero attached hydrogens (tertiary/aromatic N) is 1. The van der Waals surface area contributed by atoms with Crippen molar-refractivity contribution in [1.82, 2.24) is 0 Å². The summed E-state index contributed by atoms with van der Waals surface area (Å²) in [6.45, 7) is 6.34. The van der Waals surface area contributed by atoms with Crippen LogP contribution < -0.4 is 0 Å². The van der Waals surface area contributed by atoms with Crippen LogP contribution in [0.1, 0.15) is 46.5 Å². The monoisotopic (exact) mass is 239 g/mol. The number of aliphatic hydroxyl groups is 1. The molecule has 1 rings (SSSR count). The predicted molar refractivity (Wildman–Crippen MR) is 67.3 cm³/mol. The molecule has 3 nitrogen and oxygen atoms in total. The van der Waals surface area contributed by atoms with Crippen LogP contribution in [-0.4, -0.2) is 24.4 Å². The van der Waals surface area contributed by atoms with E-state index in [1.807, 2.05) is 13.8 Å². The summed E-state index contributed by atoms with van der Waals surface area (Å²) in [6.07, 6.45) is 3.73. The van der Waals surface area contributed by atoms with Gasteiger partial charge in [-0.25, -0.2) is 0 Å². The van der Waals surface area contributed by atoms with E-state index >= 15 is 0 Å². The van der Waals surface area contributed by atoms with Crippen molar-refractivity contribution in [2.45, 2.75) is 52.1 Å². The number of hydrogen-bond donors (Lipinski definition) is 1. The minimum absolute atomic E-state index is 0.0257. The van der Waals surface area contributed by atoms with Gasteiger partial charge < -0.3 is 9.84 Å². The van der Waals surface area contributed by atoms with E-state index in [1.165, 1.54) is 0 Å². The highest BCUT2D eigenvalue weighted by molar-refractivity contribution is 5.16. The number of hydrogen-bond acceptors (Lipinski definition) is 3. The quantitative estimate of drug-likeness (QED) is 0.802. The van der Waals surface area contributed by atoms with Gasteiger partial charge in [0, 0.05) is 7.11 Å². The van der Waals surface area contributed by atoms with E-state index in [0.717, 1.165) is 25.7 Å². The summed E-state index contributed by atoms with van der Waals surface area (Å²) in [5.41, 5.74) is -1.65. The first kappa shape index (κ1) is 14.5. The van der Waals surface area contributed by atoms with Crippen LogP contribution in [0.2, 0.25) is 0 Å². The van der Waals surface area contributed by atoms with Crippen molar-refractivity contribution < 1.29 is 9.84 Å². The Morgan fingerprint density at radius 3 is 2.59 bits per heavy atom. The summed E-state index contributed by atoms with van der Waals surface area (Å²) in [6, 6.07) is 2.42. The molecule has 0 aromatic heterocycles. The molecule has 3 heteroatoms. The molecule has 0 spiro atoms. The first-order valence-corrected chi connectivity index (χ1v) is 6.58. The van der Waals surface area contributed by atoms with Crippen LogP contribution in [-0.2, 0) is 4.74 Å². The van der Waals surface area contributed by atoms with Gasteiger partial charge >= 0.3 is 0 Å². The zero-order valence-corrected chi connectivity index (χ0v) is 11.5. The minimum Gasteiger partial charge on any atom is -0.386 e. The Hall–Kier alpha value is -0.590. The molecule has 1 fully saturated rings. The second kappa shape index (κ2) is 5.37. The highest BCUT2D eigenvalue weighted by Gasteiger charge is 2.56. The van der Waals surface area contributed by atoms with E-state index in [9.17, 15) is 10.4 Å². The third-order valence-electron chi connectivity index (χ3n) is 4.56. The van der Waals surface area contributed by atoms with E-state index < -0.39 is 11.0 Å². The molecule has 0 bridgehead atoms. The van der Waals surface area contributed by atoms with Gasteiger partial charge in [0.1, 0.15) is 5.60 Å². The number of ether oxygens (including phenoxy) is 1. The second-order valence-electron chi connectivity index (χ2n) is 5.72.